The van der Waals surface area contributed by atoms with Crippen LogP contribution in [0.25, 0.3) is 11.1 Å². The van der Waals surface area contributed by atoms with Crippen molar-refractivity contribution in [3.63, 3.8) is 0 Å². The van der Waals surface area contributed by atoms with Gasteiger partial charge in [0, 0.05) is 0 Å². The third-order valence-electron chi connectivity index (χ3n) is 4.87. The van der Waals surface area contributed by atoms with E-state index in [1.54, 1.807) is 0 Å². The molecule has 0 atom stereocenters. The molecule has 0 unspecified atom stereocenters. The van der Waals surface area contributed by atoms with Crippen LogP contribution in [0.15, 0.2) is 24.3 Å². The Bertz CT molecular complexity index is 622. The lowest BCUT2D eigenvalue weighted by Crippen LogP contribution is -1.97. The van der Waals surface area contributed by atoms with E-state index < -0.39 is 0 Å². The molecule has 0 aliphatic heterocycles. The molecule has 2 aromatic carbocycles. The van der Waals surface area contributed by atoms with Gasteiger partial charge in [-0.2, -0.15) is 0 Å². The number of benzene rings is 2. The van der Waals surface area contributed by atoms with Crippen molar-refractivity contribution in [1.29, 1.82) is 0 Å². The summed E-state index contributed by atoms with van der Waals surface area (Å²) in [6, 6.07) is 9.50. The average Bonchev–Trinajstić information content (AvgIpc) is 2.50. The summed E-state index contributed by atoms with van der Waals surface area (Å²) in [4.78, 5) is 0. The topological polar surface area (TPSA) is 0 Å². The van der Waals surface area contributed by atoms with Gasteiger partial charge in [0.05, 0.1) is 0 Å². The van der Waals surface area contributed by atoms with E-state index in [9.17, 15) is 0 Å². The van der Waals surface area contributed by atoms with Crippen LogP contribution in [-0.2, 0) is 19.3 Å². The van der Waals surface area contributed by atoms with Gasteiger partial charge < -0.3 is 0 Å². The van der Waals surface area contributed by atoms with Gasteiger partial charge in [-0.15, -0.1) is 0 Å². The molecule has 0 aromatic heterocycles. The van der Waals surface area contributed by atoms with Crippen LogP contribution in [0.3, 0.4) is 0 Å². The summed E-state index contributed by atoms with van der Waals surface area (Å²) in [5.41, 5.74) is 11.5. The van der Waals surface area contributed by atoms with Crippen LogP contribution in [0, 0.1) is 20.8 Å². The van der Waals surface area contributed by atoms with Crippen molar-refractivity contribution in [1.82, 2.24) is 0 Å². The van der Waals surface area contributed by atoms with Crippen LogP contribution < -0.4 is 0 Å². The molecule has 0 heteroatoms. The third kappa shape index (κ3) is 3.05. The molecule has 112 valence electrons. The minimum absolute atomic E-state index is 1.10. The van der Waals surface area contributed by atoms with Crippen molar-refractivity contribution < 1.29 is 0 Å². The van der Waals surface area contributed by atoms with Crippen molar-refractivity contribution in [3.05, 3.63) is 57.6 Å². The first-order valence-electron chi connectivity index (χ1n) is 8.24. The summed E-state index contributed by atoms with van der Waals surface area (Å²) in [6.07, 6.45) is 3.32. The van der Waals surface area contributed by atoms with Gasteiger partial charge in [0.25, 0.3) is 0 Å². The van der Waals surface area contributed by atoms with Crippen molar-refractivity contribution in [3.8, 4) is 11.1 Å². The van der Waals surface area contributed by atoms with E-state index in [2.05, 4.69) is 65.8 Å². The molecule has 0 fully saturated rings. The predicted molar refractivity (Wildman–Crippen MR) is 94.2 cm³/mol. The molecule has 0 aliphatic rings. The Morgan fingerprint density at radius 2 is 0.952 bits per heavy atom. The normalized spacial score (nSPS) is 11.0. The van der Waals surface area contributed by atoms with E-state index in [1.165, 1.54) is 44.5 Å². The van der Waals surface area contributed by atoms with Crippen molar-refractivity contribution in [2.75, 3.05) is 0 Å². The second-order valence-electron chi connectivity index (χ2n) is 6.06. The molecular weight excluding hydrogens is 252 g/mol. The van der Waals surface area contributed by atoms with Gasteiger partial charge >= 0.3 is 0 Å². The summed E-state index contributed by atoms with van der Waals surface area (Å²) in [7, 11) is 0. The SMILES string of the molecule is CCc1cc(-c2cc(CC)c(C)c(CC)c2)cc(C)c1C. The smallest absolute Gasteiger partial charge is 0.0178 e. The Morgan fingerprint density at radius 1 is 0.571 bits per heavy atom. The van der Waals surface area contributed by atoms with Crippen LogP contribution in [0.4, 0.5) is 0 Å². The lowest BCUT2D eigenvalue weighted by atomic mass is 9.90. The highest BCUT2D eigenvalue weighted by Crippen LogP contribution is 2.29. The van der Waals surface area contributed by atoms with Gasteiger partial charge in [0.15, 0.2) is 0 Å². The van der Waals surface area contributed by atoms with Gasteiger partial charge in [-0.25, -0.2) is 0 Å². The highest BCUT2D eigenvalue weighted by molar-refractivity contribution is 5.69. The van der Waals surface area contributed by atoms with Crippen molar-refractivity contribution >= 4 is 0 Å². The molecular formula is C21H28. The van der Waals surface area contributed by atoms with E-state index >= 15 is 0 Å². The zero-order valence-corrected chi connectivity index (χ0v) is 14.4. The molecule has 0 saturated carbocycles. The molecule has 0 heterocycles. The summed E-state index contributed by atoms with van der Waals surface area (Å²) in [5.74, 6) is 0. The molecule has 0 N–H and O–H groups in total. The van der Waals surface area contributed by atoms with Crippen molar-refractivity contribution in [2.45, 2.75) is 60.8 Å². The van der Waals surface area contributed by atoms with Crippen LogP contribution in [-0.4, -0.2) is 0 Å². The second kappa shape index (κ2) is 6.47. The maximum absolute atomic E-state index is 2.39. The Morgan fingerprint density at radius 3 is 1.38 bits per heavy atom. The average molecular weight is 280 g/mol. The first-order valence-corrected chi connectivity index (χ1v) is 8.24. The predicted octanol–water partition coefficient (Wildman–Crippen LogP) is 5.97. The van der Waals surface area contributed by atoms with E-state index in [1.807, 2.05) is 0 Å². The minimum Gasteiger partial charge on any atom is -0.0613 e. The second-order valence-corrected chi connectivity index (χ2v) is 6.06. The van der Waals surface area contributed by atoms with Crippen LogP contribution in [0.1, 0.15) is 54.2 Å². The molecule has 0 amide bonds. The van der Waals surface area contributed by atoms with Crippen LogP contribution >= 0.6 is 0 Å². The molecule has 2 rings (SSSR count). The molecule has 21 heavy (non-hydrogen) atoms. The van der Waals surface area contributed by atoms with Gasteiger partial charge in [-0.1, -0.05) is 45.0 Å². The highest BCUT2D eigenvalue weighted by Gasteiger charge is 2.09. The fraction of sp³-hybridized carbons (Fsp3) is 0.429. The summed E-state index contributed by atoms with van der Waals surface area (Å²) in [5, 5.41) is 0. The molecule has 0 bridgehead atoms. The monoisotopic (exact) mass is 280 g/mol. The minimum atomic E-state index is 1.10. The zero-order chi connectivity index (χ0) is 15.6. The van der Waals surface area contributed by atoms with E-state index in [0.29, 0.717) is 0 Å². The molecule has 0 saturated heterocycles. The zero-order valence-electron chi connectivity index (χ0n) is 14.4. The molecule has 0 nitrogen and oxygen atoms in total. The van der Waals surface area contributed by atoms with Gasteiger partial charge in [0.1, 0.15) is 0 Å². The van der Waals surface area contributed by atoms with Gasteiger partial charge in [-0.3, -0.25) is 0 Å². The Labute approximate surface area is 130 Å². The van der Waals surface area contributed by atoms with Crippen molar-refractivity contribution in [2.24, 2.45) is 0 Å². The number of rotatable bonds is 4. The van der Waals surface area contributed by atoms with Crippen LogP contribution in [0.5, 0.6) is 0 Å². The maximum Gasteiger partial charge on any atom is -0.0178 e. The van der Waals surface area contributed by atoms with Gasteiger partial charge in [0.2, 0.25) is 0 Å². The highest BCUT2D eigenvalue weighted by atomic mass is 14.1. The largest absolute Gasteiger partial charge is 0.0613 e. The first kappa shape index (κ1) is 15.8. The fourth-order valence-corrected chi connectivity index (χ4v) is 3.21. The van der Waals surface area contributed by atoms with E-state index in [0.717, 1.165) is 19.3 Å². The summed E-state index contributed by atoms with van der Waals surface area (Å²) >= 11 is 0. The third-order valence-corrected chi connectivity index (χ3v) is 4.87. The molecule has 0 spiro atoms. The van der Waals surface area contributed by atoms with E-state index in [4.69, 9.17) is 0 Å². The lowest BCUT2D eigenvalue weighted by Gasteiger charge is -2.15. The number of hydrogen-bond acceptors (Lipinski definition) is 0. The van der Waals surface area contributed by atoms with Crippen LogP contribution in [0.2, 0.25) is 0 Å². The Balaban J connectivity index is 2.64. The molecule has 0 aliphatic carbocycles. The molecule has 2 aromatic rings. The quantitative estimate of drug-likeness (QED) is 0.647. The Kier molecular flexibility index (Phi) is 4.88. The lowest BCUT2D eigenvalue weighted by molar-refractivity contribution is 1.05. The maximum atomic E-state index is 2.39. The van der Waals surface area contributed by atoms with Gasteiger partial charge in [-0.05, 0) is 84.5 Å². The fourth-order valence-electron chi connectivity index (χ4n) is 3.21. The summed E-state index contributed by atoms with van der Waals surface area (Å²) in [6.45, 7) is 13.5. The van der Waals surface area contributed by atoms with E-state index in [-0.39, 0.29) is 0 Å². The molecule has 0 radical (unpaired) electrons. The number of aryl methyl sites for hydroxylation is 4. The standard InChI is InChI=1S/C21H28/c1-7-17-11-20(10-14(4)15(17)5)21-12-18(8-2)16(6)19(9-3)13-21/h10-13H,7-9H2,1-6H3. The first-order chi connectivity index (χ1) is 10.0. The number of hydrogen-bond donors (Lipinski definition) is 0. The summed E-state index contributed by atoms with van der Waals surface area (Å²) < 4.78 is 0. The Hall–Kier alpha value is -1.56.